The molecule has 1 aromatic carbocycles. The Labute approximate surface area is 145 Å². The molecule has 3 rings (SSSR count). The third-order valence-corrected chi connectivity index (χ3v) is 5.35. The summed E-state index contributed by atoms with van der Waals surface area (Å²) < 4.78 is 43.7. The van der Waals surface area contributed by atoms with Crippen molar-refractivity contribution >= 4 is 18.7 Å². The predicted molar refractivity (Wildman–Crippen MR) is 88.7 cm³/mol. The van der Waals surface area contributed by atoms with Gasteiger partial charge < -0.3 is 19.8 Å². The van der Waals surface area contributed by atoms with Gasteiger partial charge in [-0.25, -0.2) is 13.6 Å². The van der Waals surface area contributed by atoms with E-state index in [0.717, 1.165) is 5.46 Å². The van der Waals surface area contributed by atoms with E-state index in [1.807, 2.05) is 27.7 Å². The fourth-order valence-electron chi connectivity index (χ4n) is 3.23. The van der Waals surface area contributed by atoms with Gasteiger partial charge in [0.25, 0.3) is 5.92 Å². The number of hydrogen-bond acceptors (Lipinski definition) is 4. The van der Waals surface area contributed by atoms with Crippen LogP contribution < -0.4 is 11.2 Å². The van der Waals surface area contributed by atoms with Gasteiger partial charge in [0.1, 0.15) is 0 Å². The van der Waals surface area contributed by atoms with Gasteiger partial charge in [0.2, 0.25) is 0 Å². The van der Waals surface area contributed by atoms with E-state index in [0.29, 0.717) is 5.56 Å². The molecule has 2 N–H and O–H groups in total. The molecule has 0 aromatic heterocycles. The lowest BCUT2D eigenvalue weighted by molar-refractivity contribution is -0.208. The van der Waals surface area contributed by atoms with Crippen molar-refractivity contribution in [1.29, 1.82) is 0 Å². The average molecular weight is 353 g/mol. The Kier molecular flexibility index (Phi) is 3.93. The van der Waals surface area contributed by atoms with Crippen LogP contribution in [0.1, 0.15) is 46.1 Å². The van der Waals surface area contributed by atoms with Gasteiger partial charge in [0, 0.05) is 0 Å². The maximum atomic E-state index is 13.4. The van der Waals surface area contributed by atoms with Crippen molar-refractivity contribution in [1.82, 2.24) is 0 Å². The highest BCUT2D eigenvalue weighted by molar-refractivity contribution is 6.62. The smallest absolute Gasteiger partial charge is 0.438 e. The topological polar surface area (TPSA) is 70.8 Å². The summed E-state index contributed by atoms with van der Waals surface area (Å²) in [4.78, 5) is 11.1. The molecule has 5 nitrogen and oxygen atoms in total. The van der Waals surface area contributed by atoms with Crippen LogP contribution in [0.5, 0.6) is 0 Å². The number of benzene rings is 1. The first-order valence-corrected chi connectivity index (χ1v) is 8.18. The Bertz CT molecular complexity index is 666. The summed E-state index contributed by atoms with van der Waals surface area (Å²) >= 11 is 0. The number of ether oxygens (including phenoxy) is 1. The van der Waals surface area contributed by atoms with Crippen LogP contribution >= 0.6 is 0 Å². The molecule has 1 heterocycles. The largest absolute Gasteiger partial charge is 0.494 e. The molecular weight excluding hydrogens is 331 g/mol. The number of hydrogen-bond donors (Lipinski definition) is 1. The molecule has 0 unspecified atom stereocenters. The zero-order chi connectivity index (χ0) is 18.7. The number of rotatable bonds is 3. The highest BCUT2D eigenvalue weighted by Crippen LogP contribution is 2.54. The van der Waals surface area contributed by atoms with Crippen LogP contribution in [-0.4, -0.2) is 30.3 Å². The van der Waals surface area contributed by atoms with Crippen molar-refractivity contribution in [3.8, 4) is 0 Å². The van der Waals surface area contributed by atoms with Crippen LogP contribution in [0.3, 0.4) is 0 Å². The van der Waals surface area contributed by atoms with Crippen LogP contribution in [0.15, 0.2) is 24.3 Å². The minimum absolute atomic E-state index is 0.470. The number of amides is 1. The molecule has 1 aliphatic heterocycles. The predicted octanol–water partition coefficient (Wildman–Crippen LogP) is 2.71. The Morgan fingerprint density at radius 1 is 1.08 bits per heavy atom. The monoisotopic (exact) mass is 353 g/mol. The van der Waals surface area contributed by atoms with Crippen LogP contribution in [0.4, 0.5) is 13.6 Å². The van der Waals surface area contributed by atoms with Gasteiger partial charge >= 0.3 is 13.2 Å². The second kappa shape index (κ2) is 5.41. The highest BCUT2D eigenvalue weighted by Gasteiger charge is 2.60. The van der Waals surface area contributed by atoms with Crippen LogP contribution in [0.2, 0.25) is 0 Å². The zero-order valence-corrected chi connectivity index (χ0v) is 14.8. The highest BCUT2D eigenvalue weighted by atomic mass is 19.3. The van der Waals surface area contributed by atoms with Crippen molar-refractivity contribution in [3.05, 3.63) is 29.8 Å². The van der Waals surface area contributed by atoms with Crippen LogP contribution in [-0.2, 0) is 19.6 Å². The molecule has 1 saturated heterocycles. The molecule has 0 atom stereocenters. The molecule has 1 saturated carbocycles. The van der Waals surface area contributed by atoms with Crippen LogP contribution in [0.25, 0.3) is 0 Å². The first-order chi connectivity index (χ1) is 11.4. The van der Waals surface area contributed by atoms with E-state index in [-0.39, 0.29) is 0 Å². The quantitative estimate of drug-likeness (QED) is 0.849. The number of carbonyl (C=O) groups excluding carboxylic acids is 1. The third kappa shape index (κ3) is 3.13. The molecule has 1 aliphatic carbocycles. The average Bonchev–Trinajstić information content (AvgIpc) is 2.64. The molecule has 0 spiro atoms. The zero-order valence-electron chi connectivity index (χ0n) is 14.8. The van der Waals surface area contributed by atoms with Gasteiger partial charge in [0.15, 0.2) is 5.60 Å². The summed E-state index contributed by atoms with van der Waals surface area (Å²) in [5.74, 6) is -2.86. The number of halogens is 2. The SMILES string of the molecule is CC1(C)OB(c2ccc(C3(OC(N)=O)CC(F)(F)C3)cc2)OC1(C)C. The molecule has 1 aromatic rings. The summed E-state index contributed by atoms with van der Waals surface area (Å²) in [7, 11) is -0.546. The molecule has 0 bridgehead atoms. The summed E-state index contributed by atoms with van der Waals surface area (Å²) in [6.07, 6.45) is -2.21. The van der Waals surface area contributed by atoms with Gasteiger partial charge in [-0.05, 0) is 38.7 Å². The first-order valence-electron chi connectivity index (χ1n) is 8.18. The minimum Gasteiger partial charge on any atom is -0.438 e. The molecule has 0 radical (unpaired) electrons. The summed E-state index contributed by atoms with van der Waals surface area (Å²) in [5.41, 5.74) is 4.00. The summed E-state index contributed by atoms with van der Waals surface area (Å²) in [5, 5.41) is 0. The molecule has 2 aliphatic rings. The fraction of sp³-hybridized carbons (Fsp3) is 0.588. The van der Waals surface area contributed by atoms with Crippen molar-refractivity contribution in [2.45, 2.75) is 63.3 Å². The van der Waals surface area contributed by atoms with E-state index in [1.54, 1.807) is 24.3 Å². The normalized spacial score (nSPS) is 25.3. The number of alkyl halides is 2. The lowest BCUT2D eigenvalue weighted by Gasteiger charge is -2.46. The van der Waals surface area contributed by atoms with Gasteiger partial charge in [-0.3, -0.25) is 0 Å². The molecule has 2 fully saturated rings. The maximum absolute atomic E-state index is 13.4. The number of carbonyl (C=O) groups is 1. The van der Waals surface area contributed by atoms with Gasteiger partial charge in [-0.15, -0.1) is 0 Å². The van der Waals surface area contributed by atoms with Crippen molar-refractivity contribution in [2.24, 2.45) is 5.73 Å². The number of primary amides is 1. The Hall–Kier alpha value is -1.67. The lowest BCUT2D eigenvalue weighted by Crippen LogP contribution is -2.52. The van der Waals surface area contributed by atoms with Gasteiger partial charge in [-0.1, -0.05) is 24.3 Å². The standard InChI is InChI=1S/C17H22BF2NO4/c1-14(2)15(3,4)25-18(24-14)12-7-5-11(6-8-12)16(23-13(21)22)9-17(19,20)10-16/h5-8H,9-10H2,1-4H3,(H2,21,22). The Balaban J connectivity index is 1.82. The molecule has 1 amide bonds. The van der Waals surface area contributed by atoms with Gasteiger partial charge in [0.05, 0.1) is 24.0 Å². The maximum Gasteiger partial charge on any atom is 0.494 e. The minimum atomic E-state index is -2.86. The van der Waals surface area contributed by atoms with E-state index in [2.05, 4.69) is 0 Å². The van der Waals surface area contributed by atoms with Crippen molar-refractivity contribution in [3.63, 3.8) is 0 Å². The summed E-state index contributed by atoms with van der Waals surface area (Å²) in [6, 6.07) is 6.77. The molecule has 8 heteroatoms. The Morgan fingerprint density at radius 2 is 1.56 bits per heavy atom. The van der Waals surface area contributed by atoms with E-state index < -0.39 is 48.8 Å². The molecular formula is C17H22BF2NO4. The van der Waals surface area contributed by atoms with Crippen molar-refractivity contribution < 1.29 is 27.6 Å². The van der Waals surface area contributed by atoms with E-state index in [1.165, 1.54) is 0 Å². The third-order valence-electron chi connectivity index (χ3n) is 5.35. The first kappa shape index (κ1) is 18.1. The number of nitrogens with two attached hydrogens (primary N) is 1. The van der Waals surface area contributed by atoms with Gasteiger partial charge in [-0.2, -0.15) is 0 Å². The fourth-order valence-corrected chi connectivity index (χ4v) is 3.23. The molecule has 136 valence electrons. The van der Waals surface area contributed by atoms with Crippen LogP contribution in [0, 0.1) is 0 Å². The van der Waals surface area contributed by atoms with E-state index in [9.17, 15) is 13.6 Å². The second-order valence-electron chi connectivity index (χ2n) is 7.84. The Morgan fingerprint density at radius 3 is 1.96 bits per heavy atom. The second-order valence-corrected chi connectivity index (χ2v) is 7.84. The lowest BCUT2D eigenvalue weighted by atomic mass is 9.70. The van der Waals surface area contributed by atoms with E-state index >= 15 is 0 Å². The summed E-state index contributed by atoms with van der Waals surface area (Å²) in [6.45, 7) is 7.81. The van der Waals surface area contributed by atoms with E-state index in [4.69, 9.17) is 19.8 Å². The van der Waals surface area contributed by atoms with Crippen molar-refractivity contribution in [2.75, 3.05) is 0 Å². The molecule has 25 heavy (non-hydrogen) atoms.